The molecule has 0 radical (unpaired) electrons. The number of rotatable bonds is 3. The Morgan fingerprint density at radius 1 is 1.14 bits per heavy atom. The Balaban J connectivity index is 2.56. The number of benzene rings is 2. The van der Waals surface area contributed by atoms with E-state index in [1.54, 1.807) is 0 Å². The molecular formula is C14H11BrFN3O2. The normalized spacial score (nSPS) is 11.4. The maximum atomic E-state index is 12.9. The number of hydrogen-bond donors (Lipinski definition) is 3. The molecule has 0 aliphatic carbocycles. The van der Waals surface area contributed by atoms with Crippen LogP contribution in [0.4, 0.5) is 21.5 Å². The first-order valence-electron chi connectivity index (χ1n) is 5.81. The average molecular weight is 352 g/mol. The van der Waals surface area contributed by atoms with E-state index in [9.17, 15) is 14.3 Å². The van der Waals surface area contributed by atoms with Crippen molar-refractivity contribution >= 4 is 44.7 Å². The van der Waals surface area contributed by atoms with Gasteiger partial charge in [-0.2, -0.15) is 0 Å². The van der Waals surface area contributed by atoms with Gasteiger partial charge in [0.15, 0.2) is 5.71 Å². The highest BCUT2D eigenvalue weighted by molar-refractivity contribution is 9.10. The molecule has 0 saturated carbocycles. The predicted octanol–water partition coefficient (Wildman–Crippen LogP) is 2.96. The van der Waals surface area contributed by atoms with E-state index < -0.39 is 11.8 Å². The highest BCUT2D eigenvalue weighted by Gasteiger charge is 2.17. The molecule has 2 aromatic carbocycles. The summed E-state index contributed by atoms with van der Waals surface area (Å²) in [5.41, 5.74) is 12.4. The molecule has 0 saturated heterocycles. The molecule has 0 heterocycles. The zero-order valence-corrected chi connectivity index (χ0v) is 12.3. The second-order valence-electron chi connectivity index (χ2n) is 4.20. The van der Waals surface area contributed by atoms with E-state index in [2.05, 4.69) is 20.9 Å². The molecule has 2 rings (SSSR count). The molecule has 0 amide bonds. The summed E-state index contributed by atoms with van der Waals surface area (Å²) in [4.78, 5) is 15.4. The first kappa shape index (κ1) is 15.0. The van der Waals surface area contributed by atoms with Crippen molar-refractivity contribution in [1.82, 2.24) is 0 Å². The largest absolute Gasteiger partial charge is 0.476 e. The number of carbonyl (C=O) groups is 1. The molecule has 0 spiro atoms. The molecule has 5 N–H and O–H groups in total. The fourth-order valence-electron chi connectivity index (χ4n) is 1.68. The van der Waals surface area contributed by atoms with E-state index in [1.807, 2.05) is 0 Å². The Labute approximate surface area is 128 Å². The number of nitrogen functional groups attached to an aromatic ring is 2. The molecule has 108 valence electrons. The number of halogens is 2. The smallest absolute Gasteiger partial charge is 0.355 e. The van der Waals surface area contributed by atoms with Crippen LogP contribution in [0.15, 0.2) is 45.9 Å². The van der Waals surface area contributed by atoms with Crippen LogP contribution in [0, 0.1) is 5.82 Å². The second-order valence-corrected chi connectivity index (χ2v) is 5.06. The lowest BCUT2D eigenvalue weighted by Crippen LogP contribution is -2.16. The molecular weight excluding hydrogens is 341 g/mol. The minimum atomic E-state index is -1.25. The number of carboxylic acid groups (broad SMARTS) is 1. The Morgan fingerprint density at radius 2 is 1.76 bits per heavy atom. The highest BCUT2D eigenvalue weighted by atomic mass is 79.9. The lowest BCUT2D eigenvalue weighted by Gasteiger charge is -2.09. The van der Waals surface area contributed by atoms with Crippen LogP contribution in [0.3, 0.4) is 0 Å². The van der Waals surface area contributed by atoms with Crippen molar-refractivity contribution < 1.29 is 14.3 Å². The monoisotopic (exact) mass is 351 g/mol. The molecule has 0 bridgehead atoms. The average Bonchev–Trinajstić information content (AvgIpc) is 2.42. The molecule has 7 heteroatoms. The molecule has 0 aliphatic rings. The zero-order valence-electron chi connectivity index (χ0n) is 10.7. The van der Waals surface area contributed by atoms with Gasteiger partial charge in [-0.05, 0) is 52.3 Å². The van der Waals surface area contributed by atoms with Crippen molar-refractivity contribution in [3.05, 3.63) is 52.3 Å². The first-order chi connectivity index (χ1) is 9.88. The number of aliphatic carboxylic acids is 1. The minimum Gasteiger partial charge on any atom is -0.476 e. The lowest BCUT2D eigenvalue weighted by atomic mass is 10.1. The molecule has 0 aromatic heterocycles. The maximum Gasteiger partial charge on any atom is 0.355 e. The van der Waals surface area contributed by atoms with Gasteiger partial charge in [0.1, 0.15) is 5.82 Å². The third kappa shape index (κ3) is 3.38. The third-order valence-corrected chi connectivity index (χ3v) is 3.38. The summed E-state index contributed by atoms with van der Waals surface area (Å²) in [5.74, 6) is -1.68. The van der Waals surface area contributed by atoms with Gasteiger partial charge in [0.05, 0.1) is 5.69 Å². The van der Waals surface area contributed by atoms with Crippen molar-refractivity contribution in [3.63, 3.8) is 0 Å². The van der Waals surface area contributed by atoms with Gasteiger partial charge in [-0.3, -0.25) is 0 Å². The van der Waals surface area contributed by atoms with Crippen LogP contribution in [0.2, 0.25) is 0 Å². The summed E-state index contributed by atoms with van der Waals surface area (Å²) in [6.45, 7) is 0. The molecule has 0 atom stereocenters. The Hall–Kier alpha value is -2.41. The van der Waals surface area contributed by atoms with E-state index in [0.29, 0.717) is 15.8 Å². The van der Waals surface area contributed by atoms with Crippen LogP contribution in [-0.4, -0.2) is 16.8 Å². The fourth-order valence-corrected chi connectivity index (χ4v) is 2.02. The number of carboxylic acids is 1. The Bertz CT molecular complexity index is 730. The van der Waals surface area contributed by atoms with Crippen molar-refractivity contribution in [2.75, 3.05) is 11.5 Å². The quantitative estimate of drug-likeness (QED) is 0.584. The minimum absolute atomic E-state index is 0.193. The van der Waals surface area contributed by atoms with E-state index in [4.69, 9.17) is 11.5 Å². The van der Waals surface area contributed by atoms with Crippen LogP contribution < -0.4 is 11.5 Å². The van der Waals surface area contributed by atoms with E-state index >= 15 is 0 Å². The molecule has 0 fully saturated rings. The first-order valence-corrected chi connectivity index (χ1v) is 6.60. The van der Waals surface area contributed by atoms with Crippen molar-refractivity contribution in [3.8, 4) is 0 Å². The third-order valence-electron chi connectivity index (χ3n) is 2.69. The molecule has 0 aliphatic heterocycles. The number of anilines is 2. The standard InChI is InChI=1S/C14H11BrFN3O2/c15-10-5-9(11(17)6-12(10)18)13(14(20)21)19-8-3-1-7(16)2-4-8/h1-6H,17-18H2,(H,20,21). The number of nitrogens with zero attached hydrogens (tertiary/aromatic N) is 1. The number of nitrogens with two attached hydrogens (primary N) is 2. The molecule has 5 nitrogen and oxygen atoms in total. The van der Waals surface area contributed by atoms with E-state index in [-0.39, 0.29) is 17.0 Å². The van der Waals surface area contributed by atoms with Gasteiger partial charge in [-0.25, -0.2) is 14.2 Å². The lowest BCUT2D eigenvalue weighted by molar-refractivity contribution is -0.129. The number of hydrogen-bond acceptors (Lipinski definition) is 4. The van der Waals surface area contributed by atoms with Crippen LogP contribution in [0.5, 0.6) is 0 Å². The Morgan fingerprint density at radius 3 is 2.33 bits per heavy atom. The van der Waals surface area contributed by atoms with E-state index in [0.717, 1.165) is 0 Å². The number of aliphatic imine (C=N–C) groups is 1. The second kappa shape index (κ2) is 5.92. The SMILES string of the molecule is Nc1cc(N)c(C(=Nc2ccc(F)cc2)C(=O)O)cc1Br. The van der Waals surface area contributed by atoms with Gasteiger partial charge in [0.25, 0.3) is 0 Å². The van der Waals surface area contributed by atoms with Gasteiger partial charge in [0, 0.05) is 21.4 Å². The van der Waals surface area contributed by atoms with E-state index in [1.165, 1.54) is 36.4 Å². The Kier molecular flexibility index (Phi) is 4.23. The summed E-state index contributed by atoms with van der Waals surface area (Å²) in [5, 5.41) is 9.32. The van der Waals surface area contributed by atoms with Gasteiger partial charge in [-0.1, -0.05) is 0 Å². The maximum absolute atomic E-state index is 12.9. The van der Waals surface area contributed by atoms with Crippen molar-refractivity contribution in [1.29, 1.82) is 0 Å². The van der Waals surface area contributed by atoms with Crippen LogP contribution in [-0.2, 0) is 4.79 Å². The summed E-state index contributed by atoms with van der Waals surface area (Å²) in [7, 11) is 0. The van der Waals surface area contributed by atoms with Crippen LogP contribution in [0.1, 0.15) is 5.56 Å². The summed E-state index contributed by atoms with van der Waals surface area (Å²) < 4.78 is 13.4. The summed E-state index contributed by atoms with van der Waals surface area (Å²) >= 11 is 3.21. The van der Waals surface area contributed by atoms with Crippen LogP contribution in [0.25, 0.3) is 0 Å². The van der Waals surface area contributed by atoms with Gasteiger partial charge < -0.3 is 16.6 Å². The molecule has 21 heavy (non-hydrogen) atoms. The summed E-state index contributed by atoms with van der Waals surface area (Å²) in [6, 6.07) is 8.08. The van der Waals surface area contributed by atoms with Gasteiger partial charge in [-0.15, -0.1) is 0 Å². The zero-order chi connectivity index (χ0) is 15.6. The van der Waals surface area contributed by atoms with Gasteiger partial charge >= 0.3 is 5.97 Å². The van der Waals surface area contributed by atoms with Crippen molar-refractivity contribution in [2.45, 2.75) is 0 Å². The predicted molar refractivity (Wildman–Crippen MR) is 83.2 cm³/mol. The topological polar surface area (TPSA) is 102 Å². The fraction of sp³-hybridized carbons (Fsp3) is 0. The molecule has 2 aromatic rings. The van der Waals surface area contributed by atoms with Crippen LogP contribution >= 0.6 is 15.9 Å². The van der Waals surface area contributed by atoms with Crippen molar-refractivity contribution in [2.24, 2.45) is 4.99 Å². The molecule has 0 unspecified atom stereocenters. The van der Waals surface area contributed by atoms with Gasteiger partial charge in [0.2, 0.25) is 0 Å². The summed E-state index contributed by atoms with van der Waals surface area (Å²) in [6.07, 6.45) is 0. The highest BCUT2D eigenvalue weighted by Crippen LogP contribution is 2.27.